The number of sulfonamides is 1. The number of anilines is 2. The first-order valence-corrected chi connectivity index (χ1v) is 11.4. The molecule has 2 aromatic rings. The number of para-hydroxylation sites is 3. The highest BCUT2D eigenvalue weighted by molar-refractivity contribution is 7.92. The van der Waals surface area contributed by atoms with E-state index in [4.69, 9.17) is 4.74 Å². The number of amides is 1. The van der Waals surface area contributed by atoms with E-state index in [0.717, 1.165) is 17.7 Å². The maximum absolute atomic E-state index is 13.1. The molecule has 156 valence electrons. The van der Waals surface area contributed by atoms with Crippen molar-refractivity contribution in [3.63, 3.8) is 0 Å². The largest absolute Gasteiger partial charge is 0.495 e. The predicted octanol–water partition coefficient (Wildman–Crippen LogP) is 2.20. The van der Waals surface area contributed by atoms with Crippen molar-refractivity contribution >= 4 is 27.3 Å². The van der Waals surface area contributed by atoms with Crippen molar-refractivity contribution in [1.82, 2.24) is 4.90 Å². The SMILES string of the molecule is COc1ccccc1N1CCN(C(=O)[C@@H](C)N(c2ccccc2)S(C)(=O)=O)CC1. The third-order valence-corrected chi connectivity index (χ3v) is 6.34. The van der Waals surface area contributed by atoms with Gasteiger partial charge in [-0.25, -0.2) is 8.42 Å². The van der Waals surface area contributed by atoms with E-state index in [2.05, 4.69) is 4.90 Å². The predicted molar refractivity (Wildman–Crippen MR) is 115 cm³/mol. The minimum absolute atomic E-state index is 0.195. The van der Waals surface area contributed by atoms with Crippen molar-refractivity contribution in [1.29, 1.82) is 0 Å². The number of carbonyl (C=O) groups is 1. The molecule has 1 amide bonds. The summed E-state index contributed by atoms with van der Waals surface area (Å²) in [6.45, 7) is 4.00. The summed E-state index contributed by atoms with van der Waals surface area (Å²) in [6.07, 6.45) is 1.13. The van der Waals surface area contributed by atoms with Crippen LogP contribution >= 0.6 is 0 Å². The van der Waals surface area contributed by atoms with Gasteiger partial charge < -0.3 is 14.5 Å². The lowest BCUT2D eigenvalue weighted by Crippen LogP contribution is -2.55. The maximum atomic E-state index is 13.1. The zero-order chi connectivity index (χ0) is 21.0. The highest BCUT2D eigenvalue weighted by atomic mass is 32.2. The molecule has 0 N–H and O–H groups in total. The Morgan fingerprint density at radius 3 is 2.17 bits per heavy atom. The Morgan fingerprint density at radius 2 is 1.59 bits per heavy atom. The molecule has 0 spiro atoms. The molecule has 0 bridgehead atoms. The van der Waals surface area contributed by atoms with E-state index in [1.807, 2.05) is 30.3 Å². The molecule has 8 heteroatoms. The van der Waals surface area contributed by atoms with Gasteiger partial charge in [0.2, 0.25) is 15.9 Å². The monoisotopic (exact) mass is 417 g/mol. The van der Waals surface area contributed by atoms with Gasteiger partial charge in [-0.15, -0.1) is 0 Å². The van der Waals surface area contributed by atoms with Gasteiger partial charge in [0.15, 0.2) is 0 Å². The van der Waals surface area contributed by atoms with Crippen molar-refractivity contribution in [3.8, 4) is 5.75 Å². The van der Waals surface area contributed by atoms with Gasteiger partial charge in [-0.2, -0.15) is 0 Å². The van der Waals surface area contributed by atoms with Crippen molar-refractivity contribution in [2.24, 2.45) is 0 Å². The normalized spacial score (nSPS) is 15.7. The Morgan fingerprint density at radius 1 is 1.00 bits per heavy atom. The third kappa shape index (κ3) is 4.64. The highest BCUT2D eigenvalue weighted by Gasteiger charge is 2.33. The molecule has 1 heterocycles. The number of benzene rings is 2. The Balaban J connectivity index is 1.72. The summed E-state index contributed by atoms with van der Waals surface area (Å²) < 4.78 is 31.4. The smallest absolute Gasteiger partial charge is 0.246 e. The van der Waals surface area contributed by atoms with E-state index < -0.39 is 16.1 Å². The minimum atomic E-state index is -3.60. The lowest BCUT2D eigenvalue weighted by atomic mass is 10.2. The van der Waals surface area contributed by atoms with E-state index in [0.29, 0.717) is 31.9 Å². The van der Waals surface area contributed by atoms with Crippen LogP contribution in [0.5, 0.6) is 5.75 Å². The molecular formula is C21H27N3O4S. The molecule has 7 nitrogen and oxygen atoms in total. The molecule has 0 aliphatic carbocycles. The molecule has 1 saturated heterocycles. The van der Waals surface area contributed by atoms with Crippen molar-refractivity contribution < 1.29 is 17.9 Å². The lowest BCUT2D eigenvalue weighted by molar-refractivity contribution is -0.132. The molecule has 0 radical (unpaired) electrons. The van der Waals surface area contributed by atoms with Gasteiger partial charge in [-0.1, -0.05) is 30.3 Å². The molecule has 1 atom stereocenters. The minimum Gasteiger partial charge on any atom is -0.495 e. The molecule has 1 fully saturated rings. The quantitative estimate of drug-likeness (QED) is 0.721. The molecular weight excluding hydrogens is 390 g/mol. The number of nitrogens with zero attached hydrogens (tertiary/aromatic N) is 3. The maximum Gasteiger partial charge on any atom is 0.246 e. The van der Waals surface area contributed by atoms with Crippen LogP contribution in [0.1, 0.15) is 6.92 Å². The van der Waals surface area contributed by atoms with Crippen molar-refractivity contribution in [2.45, 2.75) is 13.0 Å². The van der Waals surface area contributed by atoms with Crippen LogP contribution in [-0.4, -0.2) is 64.8 Å². The van der Waals surface area contributed by atoms with Gasteiger partial charge in [0, 0.05) is 26.2 Å². The van der Waals surface area contributed by atoms with Crippen LogP contribution in [0.25, 0.3) is 0 Å². The lowest BCUT2D eigenvalue weighted by Gasteiger charge is -2.39. The van der Waals surface area contributed by atoms with Crippen molar-refractivity contribution in [3.05, 3.63) is 54.6 Å². The summed E-state index contributed by atoms with van der Waals surface area (Å²) in [5.41, 5.74) is 1.49. The average Bonchev–Trinajstić information content (AvgIpc) is 2.73. The summed E-state index contributed by atoms with van der Waals surface area (Å²) in [6, 6.07) is 15.7. The van der Waals surface area contributed by atoms with Crippen LogP contribution in [0.4, 0.5) is 11.4 Å². The summed E-state index contributed by atoms with van der Waals surface area (Å²) in [5.74, 6) is 0.604. The standard InChI is InChI=1S/C21H27N3O4S/c1-17(24(29(3,26)27)18-9-5-4-6-10-18)21(25)23-15-13-22(14-16-23)19-11-7-8-12-20(19)28-2/h4-12,17H,13-16H2,1-3H3/t17-/m1/s1. The number of carbonyl (C=O) groups excluding carboxylic acids is 1. The van der Waals surface area contributed by atoms with E-state index >= 15 is 0 Å². The van der Waals surface area contributed by atoms with E-state index in [1.165, 1.54) is 4.31 Å². The number of hydrogen-bond donors (Lipinski definition) is 0. The molecule has 2 aromatic carbocycles. The van der Waals surface area contributed by atoms with Gasteiger partial charge in [-0.05, 0) is 31.2 Å². The number of ether oxygens (including phenoxy) is 1. The zero-order valence-electron chi connectivity index (χ0n) is 17.0. The number of piperazine rings is 1. The number of rotatable bonds is 6. The highest BCUT2D eigenvalue weighted by Crippen LogP contribution is 2.29. The van der Waals surface area contributed by atoms with Crippen LogP contribution in [-0.2, 0) is 14.8 Å². The second-order valence-corrected chi connectivity index (χ2v) is 8.91. The van der Waals surface area contributed by atoms with Crippen LogP contribution < -0.4 is 13.9 Å². The zero-order valence-corrected chi connectivity index (χ0v) is 17.8. The third-order valence-electron chi connectivity index (χ3n) is 5.09. The molecule has 1 aliphatic rings. The molecule has 3 rings (SSSR count). The van der Waals surface area contributed by atoms with E-state index in [9.17, 15) is 13.2 Å². The van der Waals surface area contributed by atoms with E-state index in [-0.39, 0.29) is 5.91 Å². The number of methoxy groups -OCH3 is 1. The summed E-state index contributed by atoms with van der Waals surface area (Å²) in [7, 11) is -1.96. The summed E-state index contributed by atoms with van der Waals surface area (Å²) in [5, 5.41) is 0. The average molecular weight is 418 g/mol. The van der Waals surface area contributed by atoms with Crippen LogP contribution in [0.3, 0.4) is 0 Å². The van der Waals surface area contributed by atoms with Gasteiger partial charge in [-0.3, -0.25) is 9.10 Å². The fraction of sp³-hybridized carbons (Fsp3) is 0.381. The van der Waals surface area contributed by atoms with Gasteiger partial charge in [0.05, 0.1) is 24.7 Å². The van der Waals surface area contributed by atoms with Gasteiger partial charge >= 0.3 is 0 Å². The fourth-order valence-electron chi connectivity index (χ4n) is 3.70. The molecule has 29 heavy (non-hydrogen) atoms. The Bertz CT molecular complexity index is 941. The first-order chi connectivity index (χ1) is 13.8. The van der Waals surface area contributed by atoms with Crippen molar-refractivity contribution in [2.75, 3.05) is 48.7 Å². The van der Waals surface area contributed by atoms with Gasteiger partial charge in [0.25, 0.3) is 0 Å². The number of hydrogen-bond acceptors (Lipinski definition) is 5. The van der Waals surface area contributed by atoms with Gasteiger partial charge in [0.1, 0.15) is 11.8 Å². The Kier molecular flexibility index (Phi) is 6.32. The van der Waals surface area contributed by atoms with Crippen LogP contribution in [0.15, 0.2) is 54.6 Å². The van der Waals surface area contributed by atoms with Crippen LogP contribution in [0, 0.1) is 0 Å². The summed E-state index contributed by atoms with van der Waals surface area (Å²) in [4.78, 5) is 17.0. The second-order valence-electron chi connectivity index (χ2n) is 7.05. The Hall–Kier alpha value is -2.74. The first-order valence-electron chi connectivity index (χ1n) is 9.54. The molecule has 0 aromatic heterocycles. The molecule has 1 aliphatic heterocycles. The van der Waals surface area contributed by atoms with Crippen LogP contribution in [0.2, 0.25) is 0 Å². The summed E-state index contributed by atoms with van der Waals surface area (Å²) >= 11 is 0. The second kappa shape index (κ2) is 8.73. The Labute approximate surface area is 172 Å². The molecule has 0 unspecified atom stereocenters. The first kappa shape index (κ1) is 21.0. The van der Waals surface area contributed by atoms with E-state index in [1.54, 1.807) is 43.2 Å². The molecule has 0 saturated carbocycles. The fourth-order valence-corrected chi connectivity index (χ4v) is 4.87. The topological polar surface area (TPSA) is 70.2 Å².